The minimum atomic E-state index is 0.0504. The molecule has 0 saturated heterocycles. The number of hydroxylamine groups is 3. The second-order valence-electron chi connectivity index (χ2n) is 9.71. The largest absolute Gasteiger partial charge is 0.594 e. The Balaban J connectivity index is 1.28. The molecular weight excluding hydrogens is 344 g/mol. The third-order valence-electron chi connectivity index (χ3n) is 6.93. The van der Waals surface area contributed by atoms with E-state index < -0.39 is 0 Å². The van der Waals surface area contributed by atoms with E-state index >= 15 is 0 Å². The van der Waals surface area contributed by atoms with Gasteiger partial charge in [-0.15, -0.1) is 0 Å². The Kier molecular flexibility index (Phi) is 2.93. The Labute approximate surface area is 158 Å². The van der Waals surface area contributed by atoms with Gasteiger partial charge in [0.1, 0.15) is 17.5 Å². The van der Waals surface area contributed by atoms with Gasteiger partial charge in [-0.3, -0.25) is 9.68 Å². The van der Waals surface area contributed by atoms with Crippen LogP contribution in [0.3, 0.4) is 0 Å². The van der Waals surface area contributed by atoms with E-state index in [1.165, 1.54) is 5.71 Å². The van der Waals surface area contributed by atoms with Gasteiger partial charge in [-0.05, 0) is 21.6 Å². The SMILES string of the molecule is CC(C)(C)C1=[N+]2CC3C([N+]([O-])=NC4=CC5C[N+]6=CC5C(C4)O6)=CCC(O2)C13. The maximum absolute atomic E-state index is 13.0. The van der Waals surface area contributed by atoms with E-state index in [1.807, 2.05) is 10.8 Å². The lowest BCUT2D eigenvalue weighted by molar-refractivity contribution is -0.797. The van der Waals surface area contributed by atoms with Crippen molar-refractivity contribution in [3.05, 3.63) is 28.8 Å². The molecule has 0 aromatic rings. The summed E-state index contributed by atoms with van der Waals surface area (Å²) in [7, 11) is 0. The van der Waals surface area contributed by atoms with E-state index in [1.54, 1.807) is 0 Å². The predicted octanol–water partition coefficient (Wildman–Crippen LogP) is 2.23. The van der Waals surface area contributed by atoms with Crippen LogP contribution < -0.4 is 0 Å². The topological polar surface area (TPSA) is 62.9 Å². The molecule has 0 fully saturated rings. The van der Waals surface area contributed by atoms with Crippen LogP contribution in [0.1, 0.15) is 33.6 Å². The van der Waals surface area contributed by atoms with Gasteiger partial charge in [-0.25, -0.2) is 0 Å². The van der Waals surface area contributed by atoms with Crippen molar-refractivity contribution < 1.29 is 24.0 Å². The molecule has 6 aliphatic rings. The van der Waals surface area contributed by atoms with E-state index in [2.05, 4.69) is 42.9 Å². The van der Waals surface area contributed by atoms with E-state index in [9.17, 15) is 5.21 Å². The van der Waals surface area contributed by atoms with Gasteiger partial charge in [-0.2, -0.15) is 0 Å². The van der Waals surface area contributed by atoms with Crippen molar-refractivity contribution in [1.82, 2.24) is 0 Å². The number of hydrogen-bond acceptors (Lipinski definition) is 4. The quantitative estimate of drug-likeness (QED) is 0.425. The maximum Gasteiger partial charge on any atom is 0.228 e. The number of hydrogen-bond donors (Lipinski definition) is 0. The highest BCUT2D eigenvalue weighted by molar-refractivity contribution is 5.89. The highest BCUT2D eigenvalue weighted by Gasteiger charge is 2.64. The maximum atomic E-state index is 13.0. The molecule has 0 saturated carbocycles. The number of rotatable bonds is 2. The van der Waals surface area contributed by atoms with Crippen LogP contribution in [-0.4, -0.2) is 51.6 Å². The van der Waals surface area contributed by atoms with Crippen molar-refractivity contribution in [1.29, 1.82) is 0 Å². The van der Waals surface area contributed by atoms with E-state index in [4.69, 9.17) is 9.68 Å². The highest BCUT2D eigenvalue weighted by Crippen LogP contribution is 2.47. The van der Waals surface area contributed by atoms with Crippen LogP contribution in [0, 0.1) is 34.3 Å². The normalized spacial score (nSPS) is 41.3. The van der Waals surface area contributed by atoms with Crippen LogP contribution in [0.25, 0.3) is 0 Å². The minimum Gasteiger partial charge on any atom is -0.594 e. The first-order chi connectivity index (χ1) is 12.9. The zero-order valence-corrected chi connectivity index (χ0v) is 16.0. The molecule has 2 aliphatic carbocycles. The lowest BCUT2D eigenvalue weighted by atomic mass is 9.72. The summed E-state index contributed by atoms with van der Waals surface area (Å²) in [6.45, 7) is 8.32. The fourth-order valence-electron chi connectivity index (χ4n) is 5.95. The molecule has 142 valence electrons. The van der Waals surface area contributed by atoms with Crippen LogP contribution in [0.2, 0.25) is 0 Å². The highest BCUT2D eigenvalue weighted by atomic mass is 16.7. The third-order valence-corrected chi connectivity index (χ3v) is 6.93. The van der Waals surface area contributed by atoms with Gasteiger partial charge < -0.3 is 5.21 Å². The van der Waals surface area contributed by atoms with Crippen LogP contribution >= 0.6 is 0 Å². The number of azo groups is 1. The molecule has 6 unspecified atom stereocenters. The minimum absolute atomic E-state index is 0.0504. The standard InChI is InChI=1S/C20H26N4O3/c1-20(2,3)19-18-14-10-23(19)27-16(18)5-4-15(14)24(25)21-12-6-11-8-22-9-13(11)17(7-12)26-22/h4,6,9,11,13-14,16-18H,5,7-8,10H2,1-3H3/q+2. The Morgan fingerprint density at radius 1 is 1.22 bits per heavy atom. The molecule has 0 spiro atoms. The van der Waals surface area contributed by atoms with E-state index in [0.29, 0.717) is 24.2 Å². The van der Waals surface area contributed by atoms with Gasteiger partial charge in [-0.1, -0.05) is 25.6 Å². The van der Waals surface area contributed by atoms with Crippen LogP contribution in [-0.2, 0) is 9.68 Å². The summed E-state index contributed by atoms with van der Waals surface area (Å²) in [5.41, 5.74) is 3.06. The summed E-state index contributed by atoms with van der Waals surface area (Å²) in [4.78, 5) is 12.8. The Bertz CT molecular complexity index is 891. The van der Waals surface area contributed by atoms with Gasteiger partial charge in [0.15, 0.2) is 18.8 Å². The summed E-state index contributed by atoms with van der Waals surface area (Å²) in [5, 5.41) is 17.5. The Morgan fingerprint density at radius 2 is 2.07 bits per heavy atom. The smallest absolute Gasteiger partial charge is 0.228 e. The second kappa shape index (κ2) is 5.00. The summed E-state index contributed by atoms with van der Waals surface area (Å²) >= 11 is 0. The molecule has 4 bridgehead atoms. The molecule has 6 atom stereocenters. The van der Waals surface area contributed by atoms with Crippen molar-refractivity contribution in [3.63, 3.8) is 0 Å². The summed E-state index contributed by atoms with van der Waals surface area (Å²) in [5.74, 6) is 1.37. The summed E-state index contributed by atoms with van der Waals surface area (Å²) in [6, 6.07) is 0. The van der Waals surface area contributed by atoms with Crippen LogP contribution in [0.5, 0.6) is 0 Å². The van der Waals surface area contributed by atoms with Gasteiger partial charge in [0.05, 0.1) is 11.8 Å². The van der Waals surface area contributed by atoms with Crippen molar-refractivity contribution in [2.24, 2.45) is 34.2 Å². The average molecular weight is 370 g/mol. The van der Waals surface area contributed by atoms with Crippen molar-refractivity contribution >= 4 is 11.9 Å². The van der Waals surface area contributed by atoms with Gasteiger partial charge in [0, 0.05) is 23.4 Å². The van der Waals surface area contributed by atoms with Gasteiger partial charge in [0.2, 0.25) is 24.2 Å². The second-order valence-corrected chi connectivity index (χ2v) is 9.71. The predicted molar refractivity (Wildman–Crippen MR) is 95.9 cm³/mol. The molecule has 4 heterocycles. The molecule has 27 heavy (non-hydrogen) atoms. The molecule has 0 amide bonds. The van der Waals surface area contributed by atoms with Crippen molar-refractivity contribution in [2.75, 3.05) is 13.1 Å². The molecule has 4 aliphatic heterocycles. The fourth-order valence-corrected chi connectivity index (χ4v) is 5.95. The zero-order chi connectivity index (χ0) is 18.5. The lowest BCUT2D eigenvalue weighted by Crippen LogP contribution is -2.41. The molecule has 7 nitrogen and oxygen atoms in total. The molecule has 0 aromatic carbocycles. The zero-order valence-electron chi connectivity index (χ0n) is 16.0. The molecule has 0 aromatic heterocycles. The van der Waals surface area contributed by atoms with Gasteiger partial charge in [0.25, 0.3) is 0 Å². The Morgan fingerprint density at radius 3 is 2.78 bits per heavy atom. The van der Waals surface area contributed by atoms with Crippen molar-refractivity contribution in [3.8, 4) is 0 Å². The van der Waals surface area contributed by atoms with Crippen molar-refractivity contribution in [2.45, 2.75) is 45.8 Å². The van der Waals surface area contributed by atoms with Crippen LogP contribution in [0.4, 0.5) is 0 Å². The van der Waals surface area contributed by atoms with E-state index in [0.717, 1.165) is 35.8 Å². The van der Waals surface area contributed by atoms with E-state index in [-0.39, 0.29) is 23.5 Å². The molecule has 0 N–H and O–H groups in total. The summed E-state index contributed by atoms with van der Waals surface area (Å²) < 4.78 is 4.00. The number of nitrogens with zero attached hydrogens (tertiary/aromatic N) is 4. The molecular formula is C20H26N4O3+2. The molecule has 7 heteroatoms. The Hall–Kier alpha value is -2.18. The fraction of sp³-hybridized carbons (Fsp3) is 0.700. The first kappa shape index (κ1) is 15.8. The molecule has 6 rings (SSSR count). The lowest BCUT2D eigenvalue weighted by Gasteiger charge is -2.28. The monoisotopic (exact) mass is 370 g/mol. The first-order valence-electron chi connectivity index (χ1n) is 10.1. The van der Waals surface area contributed by atoms with Gasteiger partial charge >= 0.3 is 0 Å². The average Bonchev–Trinajstić information content (AvgIpc) is 3.30. The summed E-state index contributed by atoms with van der Waals surface area (Å²) in [6.07, 6.45) is 8.21. The molecule has 0 radical (unpaired) electrons. The van der Waals surface area contributed by atoms with Crippen LogP contribution in [0.15, 0.2) is 28.7 Å². The third kappa shape index (κ3) is 2.14. The first-order valence-corrected chi connectivity index (χ1v) is 10.1.